The number of dihydropyridines is 1. The van der Waals surface area contributed by atoms with Crippen LogP contribution in [0.2, 0.25) is 5.02 Å². The number of nitrogens with one attached hydrogen (secondary N) is 1. The number of carbonyl (C=O) groups excluding carboxylic acids is 2. The number of methoxy groups -OCH3 is 1. The number of para-hydroxylation sites is 1. The van der Waals surface area contributed by atoms with E-state index in [9.17, 15) is 9.59 Å². The topological polar surface area (TPSA) is 73.9 Å². The van der Waals surface area contributed by atoms with Crippen LogP contribution in [0.4, 0.5) is 0 Å². The fraction of sp³-hybridized carbons (Fsp3) is 0.250. The summed E-state index contributed by atoms with van der Waals surface area (Å²) in [7, 11) is 1.63. The summed E-state index contributed by atoms with van der Waals surface area (Å²) < 4.78 is 16.6. The largest absolute Gasteiger partial charge is 0.497 e. The normalized spacial score (nSPS) is 18.8. The van der Waals surface area contributed by atoms with E-state index >= 15 is 0 Å². The number of benzene rings is 3. The van der Waals surface area contributed by atoms with E-state index in [0.717, 1.165) is 22.6 Å². The van der Waals surface area contributed by atoms with Crippen molar-refractivity contribution in [1.82, 2.24) is 5.32 Å². The Kier molecular flexibility index (Phi) is 8.03. The number of carbonyl (C=O) groups is 2. The quantitative estimate of drug-likeness (QED) is 0.264. The number of rotatable bonds is 8. The SMILES string of the molecule is COc1ccc([C@H]2CC(=O)C3=C(C2)NC(C)=C(C(=O)OCCOc2ccccc2)[C@H]3c2ccc(Cl)cc2)cc1. The molecule has 0 amide bonds. The molecule has 0 aromatic heterocycles. The molecule has 0 saturated heterocycles. The van der Waals surface area contributed by atoms with Gasteiger partial charge in [0.2, 0.25) is 0 Å². The summed E-state index contributed by atoms with van der Waals surface area (Å²) in [6.45, 7) is 2.15. The molecule has 0 fully saturated rings. The second-order valence-electron chi connectivity index (χ2n) is 9.64. The van der Waals surface area contributed by atoms with Gasteiger partial charge in [0.1, 0.15) is 24.7 Å². The van der Waals surface area contributed by atoms with Crippen LogP contribution in [0.1, 0.15) is 42.7 Å². The van der Waals surface area contributed by atoms with Gasteiger partial charge < -0.3 is 19.5 Å². The van der Waals surface area contributed by atoms with Crippen molar-refractivity contribution in [3.05, 3.63) is 118 Å². The summed E-state index contributed by atoms with van der Waals surface area (Å²) in [5.74, 6) is 0.483. The number of ketones is 1. The van der Waals surface area contributed by atoms with Crippen LogP contribution >= 0.6 is 11.6 Å². The highest BCUT2D eigenvalue weighted by molar-refractivity contribution is 6.30. The van der Waals surface area contributed by atoms with Crippen LogP contribution < -0.4 is 14.8 Å². The maximum atomic E-state index is 13.7. The Labute approximate surface area is 233 Å². The van der Waals surface area contributed by atoms with Gasteiger partial charge in [0.05, 0.1) is 12.7 Å². The molecule has 1 aliphatic heterocycles. The van der Waals surface area contributed by atoms with Crippen molar-refractivity contribution >= 4 is 23.4 Å². The van der Waals surface area contributed by atoms with Crippen molar-refractivity contribution < 1.29 is 23.8 Å². The van der Waals surface area contributed by atoms with E-state index in [1.807, 2.05) is 73.7 Å². The minimum atomic E-state index is -0.551. The van der Waals surface area contributed by atoms with Crippen molar-refractivity contribution in [3.8, 4) is 11.5 Å². The molecule has 0 unspecified atom stereocenters. The Morgan fingerprint density at radius 1 is 0.897 bits per heavy atom. The molecular weight excluding hydrogens is 514 g/mol. The number of allylic oxidation sites excluding steroid dienone is 3. The van der Waals surface area contributed by atoms with E-state index in [4.69, 9.17) is 25.8 Å². The van der Waals surface area contributed by atoms with E-state index in [1.54, 1.807) is 19.2 Å². The average molecular weight is 544 g/mol. The first-order valence-corrected chi connectivity index (χ1v) is 13.3. The van der Waals surface area contributed by atoms with Gasteiger partial charge in [0.25, 0.3) is 0 Å². The zero-order valence-corrected chi connectivity index (χ0v) is 22.7. The Morgan fingerprint density at radius 3 is 2.28 bits per heavy atom. The van der Waals surface area contributed by atoms with Gasteiger partial charge in [0, 0.05) is 34.3 Å². The molecule has 3 aromatic rings. The van der Waals surface area contributed by atoms with Gasteiger partial charge in [0.15, 0.2) is 5.78 Å². The predicted octanol–water partition coefficient (Wildman–Crippen LogP) is 6.33. The first-order valence-electron chi connectivity index (χ1n) is 12.9. The van der Waals surface area contributed by atoms with Gasteiger partial charge >= 0.3 is 5.97 Å². The van der Waals surface area contributed by atoms with Gasteiger partial charge in [-0.05, 0) is 66.8 Å². The Hall–Kier alpha value is -4.03. The molecule has 0 saturated carbocycles. The average Bonchev–Trinajstić information content (AvgIpc) is 2.95. The third-order valence-corrected chi connectivity index (χ3v) is 7.42. The summed E-state index contributed by atoms with van der Waals surface area (Å²) in [5, 5.41) is 3.97. The number of hydrogen-bond donors (Lipinski definition) is 1. The zero-order chi connectivity index (χ0) is 27.4. The van der Waals surface area contributed by atoms with E-state index < -0.39 is 11.9 Å². The molecule has 6 nitrogen and oxygen atoms in total. The first-order chi connectivity index (χ1) is 18.9. The standard InChI is InChI=1S/C32H30ClNO5/c1-20-29(32(36)39-17-16-38-26-6-4-3-5-7-26)30(22-8-12-24(33)13-9-22)31-27(34-20)18-23(19-28(31)35)21-10-14-25(37-2)15-11-21/h3-15,23,30,34H,16-19H2,1-2H3/t23-,30-/m1/s1. The van der Waals surface area contributed by atoms with Crippen LogP contribution in [0.15, 0.2) is 101 Å². The number of esters is 1. The van der Waals surface area contributed by atoms with Crippen LogP contribution in [0, 0.1) is 0 Å². The van der Waals surface area contributed by atoms with Gasteiger partial charge in [-0.3, -0.25) is 4.79 Å². The fourth-order valence-corrected chi connectivity index (χ4v) is 5.42. The molecule has 1 N–H and O–H groups in total. The molecule has 5 rings (SSSR count). The van der Waals surface area contributed by atoms with Gasteiger partial charge in [-0.1, -0.05) is 54.1 Å². The van der Waals surface area contributed by atoms with Crippen LogP contribution in [0.3, 0.4) is 0 Å². The predicted molar refractivity (Wildman–Crippen MR) is 150 cm³/mol. The molecule has 0 bridgehead atoms. The summed E-state index contributed by atoms with van der Waals surface area (Å²) in [6, 6.07) is 24.5. The van der Waals surface area contributed by atoms with Crippen LogP contribution in [-0.2, 0) is 14.3 Å². The molecule has 2 atom stereocenters. The minimum Gasteiger partial charge on any atom is -0.497 e. The third kappa shape index (κ3) is 5.86. The van der Waals surface area contributed by atoms with Crippen molar-refractivity contribution in [2.75, 3.05) is 20.3 Å². The lowest BCUT2D eigenvalue weighted by molar-refractivity contribution is -0.140. The number of ether oxygens (including phenoxy) is 3. The summed E-state index contributed by atoms with van der Waals surface area (Å²) in [6.07, 6.45) is 1.01. The second kappa shape index (κ2) is 11.8. The van der Waals surface area contributed by atoms with Crippen molar-refractivity contribution in [1.29, 1.82) is 0 Å². The highest BCUT2D eigenvalue weighted by Gasteiger charge is 2.41. The number of hydrogen-bond acceptors (Lipinski definition) is 6. The van der Waals surface area contributed by atoms with Crippen molar-refractivity contribution in [2.45, 2.75) is 31.6 Å². The van der Waals surface area contributed by atoms with E-state index in [0.29, 0.717) is 40.5 Å². The lowest BCUT2D eigenvalue weighted by Gasteiger charge is -2.36. The molecule has 7 heteroatoms. The van der Waals surface area contributed by atoms with Crippen LogP contribution in [-0.4, -0.2) is 32.1 Å². The van der Waals surface area contributed by atoms with Crippen LogP contribution in [0.25, 0.3) is 0 Å². The van der Waals surface area contributed by atoms with E-state index in [-0.39, 0.29) is 24.9 Å². The highest BCUT2D eigenvalue weighted by atomic mass is 35.5. The van der Waals surface area contributed by atoms with Crippen molar-refractivity contribution in [3.63, 3.8) is 0 Å². The Balaban J connectivity index is 1.40. The van der Waals surface area contributed by atoms with Gasteiger partial charge in [-0.2, -0.15) is 0 Å². The Morgan fingerprint density at radius 2 is 1.59 bits per heavy atom. The van der Waals surface area contributed by atoms with Crippen LogP contribution in [0.5, 0.6) is 11.5 Å². The molecule has 0 radical (unpaired) electrons. The summed E-state index contributed by atoms with van der Waals surface area (Å²) >= 11 is 6.17. The van der Waals surface area contributed by atoms with E-state index in [2.05, 4.69) is 5.32 Å². The van der Waals surface area contributed by atoms with Crippen molar-refractivity contribution in [2.24, 2.45) is 0 Å². The lowest BCUT2D eigenvalue weighted by Crippen LogP contribution is -2.36. The molecule has 1 aliphatic carbocycles. The summed E-state index contributed by atoms with van der Waals surface area (Å²) in [4.78, 5) is 27.2. The maximum absolute atomic E-state index is 13.7. The molecule has 2 aliphatic rings. The van der Waals surface area contributed by atoms with Gasteiger partial charge in [-0.25, -0.2) is 4.79 Å². The van der Waals surface area contributed by atoms with E-state index in [1.165, 1.54) is 0 Å². The molecule has 1 heterocycles. The Bertz CT molecular complexity index is 1410. The molecule has 39 heavy (non-hydrogen) atoms. The maximum Gasteiger partial charge on any atom is 0.336 e. The smallest absolute Gasteiger partial charge is 0.336 e. The second-order valence-corrected chi connectivity index (χ2v) is 10.1. The monoisotopic (exact) mass is 543 g/mol. The number of halogens is 1. The summed E-state index contributed by atoms with van der Waals surface area (Å²) in [5.41, 5.74) is 4.44. The first kappa shape index (κ1) is 26.6. The lowest BCUT2D eigenvalue weighted by atomic mass is 9.72. The fourth-order valence-electron chi connectivity index (χ4n) is 5.30. The minimum absolute atomic E-state index is 0.00901. The molecule has 200 valence electrons. The number of Topliss-reactive ketones (excluding diaryl/α,β-unsaturated/α-hetero) is 1. The zero-order valence-electron chi connectivity index (χ0n) is 21.9. The molecular formula is C32H30ClNO5. The highest BCUT2D eigenvalue weighted by Crippen LogP contribution is 2.46. The third-order valence-electron chi connectivity index (χ3n) is 7.17. The molecule has 0 spiro atoms. The molecule has 3 aromatic carbocycles. The van der Waals surface area contributed by atoms with Gasteiger partial charge in [-0.15, -0.1) is 0 Å².